The molecule has 0 bridgehead atoms. The van der Waals surface area contributed by atoms with E-state index in [2.05, 4.69) is 16.0 Å². The summed E-state index contributed by atoms with van der Waals surface area (Å²) in [6.07, 6.45) is 0.850. The zero-order chi connectivity index (χ0) is 22.2. The number of hydrogen-bond donors (Lipinski definition) is 3. The summed E-state index contributed by atoms with van der Waals surface area (Å²) in [6.45, 7) is 5.21. The van der Waals surface area contributed by atoms with Crippen LogP contribution in [0.15, 0.2) is 30.3 Å². The van der Waals surface area contributed by atoms with Crippen LogP contribution < -0.4 is 16.0 Å². The average molecular weight is 442 g/mol. The molecule has 0 aromatic heterocycles. The van der Waals surface area contributed by atoms with Gasteiger partial charge in [-0.25, -0.2) is 4.39 Å². The number of benzene rings is 1. The molecule has 30 heavy (non-hydrogen) atoms. The number of rotatable bonds is 10. The van der Waals surface area contributed by atoms with Gasteiger partial charge in [0.05, 0.1) is 13.2 Å². The zero-order valence-corrected chi connectivity index (χ0v) is 18.7. The van der Waals surface area contributed by atoms with Crippen molar-refractivity contribution in [2.24, 2.45) is 11.3 Å². The van der Waals surface area contributed by atoms with Crippen molar-refractivity contribution >= 4 is 23.4 Å². The molecule has 0 unspecified atom stereocenters. The number of alkyl halides is 2. The van der Waals surface area contributed by atoms with Gasteiger partial charge in [0.2, 0.25) is 5.91 Å². The van der Waals surface area contributed by atoms with Gasteiger partial charge in [0, 0.05) is 43.0 Å². The highest BCUT2D eigenvalue weighted by atomic mass is 35.5. The largest absolute Gasteiger partial charge is 0.384 e. The maximum absolute atomic E-state index is 15.1. The fourth-order valence-corrected chi connectivity index (χ4v) is 4.02. The van der Waals surface area contributed by atoms with Gasteiger partial charge in [0.1, 0.15) is 0 Å². The number of hydrogen-bond acceptors (Lipinski definition) is 4. The summed E-state index contributed by atoms with van der Waals surface area (Å²) < 4.78 is 20.3. The van der Waals surface area contributed by atoms with Crippen LogP contribution in [0.25, 0.3) is 0 Å². The van der Waals surface area contributed by atoms with Crippen LogP contribution in [0, 0.1) is 11.3 Å². The van der Waals surface area contributed by atoms with Gasteiger partial charge in [0.25, 0.3) is 5.91 Å². The Balaban J connectivity index is 1.74. The third kappa shape index (κ3) is 7.85. The van der Waals surface area contributed by atoms with E-state index in [0.29, 0.717) is 31.7 Å². The van der Waals surface area contributed by atoms with Crippen LogP contribution in [-0.2, 0) is 9.53 Å². The monoisotopic (exact) mass is 441 g/mol. The Morgan fingerprint density at radius 2 is 1.97 bits per heavy atom. The number of carbonyl (C=O) groups is 2. The first-order chi connectivity index (χ1) is 14.1. The number of ether oxygens (including phenoxy) is 1. The van der Waals surface area contributed by atoms with Gasteiger partial charge in [0.15, 0.2) is 5.79 Å². The number of halogens is 2. The lowest BCUT2D eigenvalue weighted by Gasteiger charge is -2.38. The molecule has 2 rings (SSSR count). The summed E-state index contributed by atoms with van der Waals surface area (Å²) in [5.41, 5.74) is 0.391. The van der Waals surface area contributed by atoms with Crippen molar-refractivity contribution in [1.29, 1.82) is 0 Å². The number of methoxy groups -OCH3 is 1. The Kier molecular flexibility index (Phi) is 9.07. The molecule has 1 saturated carbocycles. The smallest absolute Gasteiger partial charge is 0.251 e. The molecule has 6 nitrogen and oxygen atoms in total. The molecule has 0 radical (unpaired) electrons. The van der Waals surface area contributed by atoms with Crippen LogP contribution in [0.4, 0.5) is 4.39 Å². The zero-order valence-electron chi connectivity index (χ0n) is 18.0. The second-order valence-corrected chi connectivity index (χ2v) is 9.35. The van der Waals surface area contributed by atoms with Crippen LogP contribution >= 0.6 is 11.6 Å². The van der Waals surface area contributed by atoms with Crippen LogP contribution in [0.2, 0.25) is 0 Å². The van der Waals surface area contributed by atoms with Crippen molar-refractivity contribution in [2.75, 3.05) is 33.4 Å². The molecule has 0 saturated heterocycles. The van der Waals surface area contributed by atoms with E-state index in [4.69, 9.17) is 16.3 Å². The van der Waals surface area contributed by atoms with Gasteiger partial charge in [-0.3, -0.25) is 14.9 Å². The third-order valence-corrected chi connectivity index (χ3v) is 5.88. The van der Waals surface area contributed by atoms with E-state index in [9.17, 15) is 9.59 Å². The predicted molar refractivity (Wildman–Crippen MR) is 116 cm³/mol. The van der Waals surface area contributed by atoms with E-state index in [-0.39, 0.29) is 42.5 Å². The van der Waals surface area contributed by atoms with Crippen molar-refractivity contribution in [1.82, 2.24) is 16.0 Å². The van der Waals surface area contributed by atoms with Crippen LogP contribution in [0.3, 0.4) is 0 Å². The summed E-state index contributed by atoms with van der Waals surface area (Å²) >= 11 is 6.42. The average Bonchev–Trinajstić information content (AvgIpc) is 2.71. The quantitative estimate of drug-likeness (QED) is 0.385. The molecule has 2 amide bonds. The summed E-state index contributed by atoms with van der Waals surface area (Å²) in [7, 11) is 1.62. The van der Waals surface area contributed by atoms with Crippen LogP contribution in [0.5, 0.6) is 0 Å². The molecule has 1 fully saturated rings. The highest BCUT2D eigenvalue weighted by molar-refractivity contribution is 6.21. The molecule has 0 aliphatic heterocycles. The predicted octanol–water partition coefficient (Wildman–Crippen LogP) is 2.87. The van der Waals surface area contributed by atoms with E-state index in [1.807, 2.05) is 19.9 Å². The molecule has 3 N–H and O–H groups in total. The Bertz CT molecular complexity index is 704. The van der Waals surface area contributed by atoms with Crippen molar-refractivity contribution in [3.8, 4) is 0 Å². The van der Waals surface area contributed by atoms with Gasteiger partial charge < -0.3 is 15.4 Å². The van der Waals surface area contributed by atoms with Gasteiger partial charge in [-0.05, 0) is 30.9 Å². The number of amides is 2. The maximum Gasteiger partial charge on any atom is 0.251 e. The van der Waals surface area contributed by atoms with Crippen LogP contribution in [-0.4, -0.2) is 56.3 Å². The molecule has 0 spiro atoms. The lowest BCUT2D eigenvalue weighted by molar-refractivity contribution is -0.122. The number of nitrogens with one attached hydrogen (secondary N) is 3. The standard InChI is InChI=1S/C22H33ClFN3O3/c1-21(2,15-30-3)14-26-19(28)13-27-22(24)10-9-17(18(23)11-22)12-25-20(29)16-7-5-4-6-8-16/h4-8,17-18,27H,9-15H2,1-3H3,(H,25,29)(H,26,28)/t17-,18-,22+/m0/s1. The Hall–Kier alpha value is -1.70. The molecule has 8 heteroatoms. The number of carbonyl (C=O) groups excluding carboxylic acids is 2. The topological polar surface area (TPSA) is 79.5 Å². The second-order valence-electron chi connectivity index (χ2n) is 8.79. The summed E-state index contributed by atoms with van der Waals surface area (Å²) in [5.74, 6) is -2.14. The third-order valence-electron chi connectivity index (χ3n) is 5.37. The molecule has 1 aromatic carbocycles. The van der Waals surface area contributed by atoms with Gasteiger partial charge in [-0.15, -0.1) is 11.6 Å². The first kappa shape index (κ1) is 24.6. The Morgan fingerprint density at radius 3 is 2.60 bits per heavy atom. The van der Waals surface area contributed by atoms with E-state index in [1.54, 1.807) is 31.4 Å². The highest BCUT2D eigenvalue weighted by Crippen LogP contribution is 2.36. The molecule has 1 aromatic rings. The van der Waals surface area contributed by atoms with Gasteiger partial charge in [-0.2, -0.15) is 0 Å². The van der Waals surface area contributed by atoms with Gasteiger partial charge in [-0.1, -0.05) is 32.0 Å². The van der Waals surface area contributed by atoms with Crippen molar-refractivity contribution in [3.05, 3.63) is 35.9 Å². The van der Waals surface area contributed by atoms with E-state index in [0.717, 1.165) is 0 Å². The summed E-state index contributed by atoms with van der Waals surface area (Å²) in [5, 5.41) is 7.97. The summed E-state index contributed by atoms with van der Waals surface area (Å²) in [6, 6.07) is 8.94. The first-order valence-electron chi connectivity index (χ1n) is 10.3. The van der Waals surface area contributed by atoms with E-state index < -0.39 is 11.2 Å². The minimum atomic E-state index is -1.69. The van der Waals surface area contributed by atoms with E-state index in [1.165, 1.54) is 0 Å². The molecule has 1 aliphatic carbocycles. The second kappa shape index (κ2) is 11.1. The minimum absolute atomic E-state index is 0.0197. The fraction of sp³-hybridized carbons (Fsp3) is 0.636. The normalized spacial score (nSPS) is 24.3. The van der Waals surface area contributed by atoms with Gasteiger partial charge >= 0.3 is 0 Å². The van der Waals surface area contributed by atoms with Crippen molar-refractivity contribution < 1.29 is 18.7 Å². The Labute approximate surface area is 183 Å². The minimum Gasteiger partial charge on any atom is -0.384 e. The SMILES string of the molecule is COCC(C)(C)CNC(=O)CN[C@]1(F)CC[C@@H](CNC(=O)c2ccccc2)[C@@H](Cl)C1. The molecule has 1 aliphatic rings. The molecular weight excluding hydrogens is 409 g/mol. The molecule has 3 atom stereocenters. The maximum atomic E-state index is 15.1. The Morgan fingerprint density at radius 1 is 1.27 bits per heavy atom. The fourth-order valence-electron chi connectivity index (χ4n) is 3.56. The lowest BCUT2D eigenvalue weighted by Crippen LogP contribution is -2.52. The molecular formula is C22H33ClFN3O3. The first-order valence-corrected chi connectivity index (χ1v) is 10.7. The molecule has 0 heterocycles. The van der Waals surface area contributed by atoms with Crippen molar-refractivity contribution in [2.45, 2.75) is 44.3 Å². The lowest BCUT2D eigenvalue weighted by atomic mass is 9.83. The summed E-state index contributed by atoms with van der Waals surface area (Å²) in [4.78, 5) is 24.3. The highest BCUT2D eigenvalue weighted by Gasteiger charge is 2.40. The van der Waals surface area contributed by atoms with E-state index >= 15 is 4.39 Å². The van der Waals surface area contributed by atoms with Crippen LogP contribution in [0.1, 0.15) is 43.5 Å². The van der Waals surface area contributed by atoms with Crippen molar-refractivity contribution in [3.63, 3.8) is 0 Å². The molecule has 168 valence electrons.